The molecule has 0 aliphatic heterocycles. The van der Waals surface area contributed by atoms with Crippen molar-refractivity contribution in [3.05, 3.63) is 72.2 Å². The molecule has 0 unspecified atom stereocenters. The molecule has 6 nitrogen and oxygen atoms in total. The number of nitrogens with zero attached hydrogens (tertiary/aromatic N) is 3. The molecule has 0 aliphatic carbocycles. The molecule has 0 radical (unpaired) electrons. The number of benzene rings is 1. The van der Waals surface area contributed by atoms with Gasteiger partial charge in [-0.2, -0.15) is 5.10 Å². The van der Waals surface area contributed by atoms with E-state index in [4.69, 9.17) is 0 Å². The van der Waals surface area contributed by atoms with Crippen LogP contribution in [0.1, 0.15) is 15.9 Å². The Morgan fingerprint density at radius 2 is 2.00 bits per heavy atom. The van der Waals surface area contributed by atoms with Gasteiger partial charge in [0.1, 0.15) is 5.75 Å². The number of nitrogens with one attached hydrogen (secondary N) is 1. The SMILES string of the molecule is O=C(Nc1ccn(Cc2ccncc2)n1)c1cccc(O)c1. The molecule has 3 aromatic rings. The zero-order chi connectivity index (χ0) is 15.4. The molecule has 0 saturated heterocycles. The number of pyridine rings is 1. The number of aromatic nitrogens is 3. The second-order valence-corrected chi connectivity index (χ2v) is 4.76. The van der Waals surface area contributed by atoms with E-state index in [-0.39, 0.29) is 11.7 Å². The molecule has 0 aliphatic rings. The van der Waals surface area contributed by atoms with Crippen LogP contribution < -0.4 is 5.32 Å². The standard InChI is InChI=1S/C16H14N4O2/c21-14-3-1-2-13(10-14)16(22)18-15-6-9-20(19-15)11-12-4-7-17-8-5-12/h1-10,21H,11H2,(H,18,19,22). The fourth-order valence-electron chi connectivity index (χ4n) is 2.03. The minimum absolute atomic E-state index is 0.0517. The summed E-state index contributed by atoms with van der Waals surface area (Å²) in [7, 11) is 0. The topological polar surface area (TPSA) is 80.0 Å². The zero-order valence-corrected chi connectivity index (χ0v) is 11.7. The summed E-state index contributed by atoms with van der Waals surface area (Å²) in [5.41, 5.74) is 1.45. The van der Waals surface area contributed by atoms with Crippen molar-refractivity contribution in [2.45, 2.75) is 6.54 Å². The number of carbonyl (C=O) groups is 1. The van der Waals surface area contributed by atoms with Gasteiger partial charge in [-0.3, -0.25) is 14.5 Å². The predicted octanol–water partition coefficient (Wildman–Crippen LogP) is 2.28. The average Bonchev–Trinajstić information content (AvgIpc) is 2.95. The molecule has 1 aromatic carbocycles. The fourth-order valence-corrected chi connectivity index (χ4v) is 2.03. The van der Waals surface area contributed by atoms with Crippen LogP contribution >= 0.6 is 0 Å². The van der Waals surface area contributed by atoms with Crippen LogP contribution in [-0.4, -0.2) is 25.8 Å². The highest BCUT2D eigenvalue weighted by Gasteiger charge is 2.08. The van der Waals surface area contributed by atoms with Gasteiger partial charge < -0.3 is 10.4 Å². The first-order valence-electron chi connectivity index (χ1n) is 6.73. The Morgan fingerprint density at radius 1 is 1.18 bits per heavy atom. The number of phenols is 1. The van der Waals surface area contributed by atoms with E-state index < -0.39 is 0 Å². The van der Waals surface area contributed by atoms with E-state index in [9.17, 15) is 9.90 Å². The summed E-state index contributed by atoms with van der Waals surface area (Å²) >= 11 is 0. The van der Waals surface area contributed by atoms with E-state index in [1.54, 1.807) is 41.5 Å². The molecule has 0 fully saturated rings. The maximum absolute atomic E-state index is 12.1. The van der Waals surface area contributed by atoms with Gasteiger partial charge in [-0.1, -0.05) is 6.07 Å². The number of carbonyl (C=O) groups excluding carboxylic acids is 1. The predicted molar refractivity (Wildman–Crippen MR) is 81.6 cm³/mol. The van der Waals surface area contributed by atoms with Crippen molar-refractivity contribution in [1.29, 1.82) is 0 Å². The van der Waals surface area contributed by atoms with E-state index in [0.29, 0.717) is 17.9 Å². The van der Waals surface area contributed by atoms with Crippen molar-refractivity contribution in [2.75, 3.05) is 5.32 Å². The first-order valence-corrected chi connectivity index (χ1v) is 6.73. The molecule has 0 bridgehead atoms. The van der Waals surface area contributed by atoms with E-state index in [1.165, 1.54) is 12.1 Å². The summed E-state index contributed by atoms with van der Waals surface area (Å²) in [6, 6.07) is 11.7. The number of hydrogen-bond acceptors (Lipinski definition) is 4. The van der Waals surface area contributed by atoms with Gasteiger partial charge >= 0.3 is 0 Å². The maximum Gasteiger partial charge on any atom is 0.256 e. The van der Waals surface area contributed by atoms with E-state index in [1.807, 2.05) is 12.1 Å². The zero-order valence-electron chi connectivity index (χ0n) is 11.7. The van der Waals surface area contributed by atoms with Crippen LogP contribution in [0.25, 0.3) is 0 Å². The van der Waals surface area contributed by atoms with Gasteiger partial charge in [0.2, 0.25) is 0 Å². The van der Waals surface area contributed by atoms with Gasteiger partial charge in [0.25, 0.3) is 5.91 Å². The molecule has 6 heteroatoms. The average molecular weight is 294 g/mol. The highest BCUT2D eigenvalue weighted by molar-refractivity contribution is 6.03. The first kappa shape index (κ1) is 13.8. The molecule has 2 N–H and O–H groups in total. The lowest BCUT2D eigenvalue weighted by Crippen LogP contribution is -2.12. The minimum atomic E-state index is -0.315. The Balaban J connectivity index is 1.68. The second-order valence-electron chi connectivity index (χ2n) is 4.76. The number of phenolic OH excluding ortho intramolecular Hbond substituents is 1. The van der Waals surface area contributed by atoms with Crippen molar-refractivity contribution in [2.24, 2.45) is 0 Å². The molecule has 2 heterocycles. The lowest BCUT2D eigenvalue weighted by Gasteiger charge is -2.03. The van der Waals surface area contributed by atoms with Gasteiger partial charge in [-0.15, -0.1) is 0 Å². The van der Waals surface area contributed by atoms with Crippen molar-refractivity contribution >= 4 is 11.7 Å². The highest BCUT2D eigenvalue weighted by Crippen LogP contribution is 2.13. The van der Waals surface area contributed by atoms with Crippen LogP contribution in [0.15, 0.2) is 61.1 Å². The molecule has 0 saturated carbocycles. The number of amides is 1. The van der Waals surface area contributed by atoms with Gasteiger partial charge in [0, 0.05) is 30.2 Å². The van der Waals surface area contributed by atoms with Crippen LogP contribution in [0.5, 0.6) is 5.75 Å². The summed E-state index contributed by atoms with van der Waals surface area (Å²) in [6.07, 6.45) is 5.24. The lowest BCUT2D eigenvalue weighted by atomic mass is 10.2. The maximum atomic E-state index is 12.1. The Hall–Kier alpha value is -3.15. The molecule has 110 valence electrons. The van der Waals surface area contributed by atoms with Crippen LogP contribution in [0.2, 0.25) is 0 Å². The summed E-state index contributed by atoms with van der Waals surface area (Å²) < 4.78 is 1.73. The van der Waals surface area contributed by atoms with Crippen LogP contribution in [-0.2, 0) is 6.54 Å². The Morgan fingerprint density at radius 3 is 2.77 bits per heavy atom. The fraction of sp³-hybridized carbons (Fsp3) is 0.0625. The molecular formula is C16H14N4O2. The summed E-state index contributed by atoms with van der Waals surface area (Å²) in [5, 5.41) is 16.4. The van der Waals surface area contributed by atoms with E-state index in [0.717, 1.165) is 5.56 Å². The largest absolute Gasteiger partial charge is 0.508 e. The van der Waals surface area contributed by atoms with Gasteiger partial charge in [-0.05, 0) is 35.9 Å². The first-order chi connectivity index (χ1) is 10.7. The van der Waals surface area contributed by atoms with E-state index >= 15 is 0 Å². The van der Waals surface area contributed by atoms with Crippen LogP contribution in [0.3, 0.4) is 0 Å². The summed E-state index contributed by atoms with van der Waals surface area (Å²) in [4.78, 5) is 16.0. The minimum Gasteiger partial charge on any atom is -0.508 e. The molecular weight excluding hydrogens is 280 g/mol. The number of rotatable bonds is 4. The summed E-state index contributed by atoms with van der Waals surface area (Å²) in [6.45, 7) is 0.602. The quantitative estimate of drug-likeness (QED) is 0.773. The monoisotopic (exact) mass is 294 g/mol. The molecule has 0 atom stereocenters. The third-order valence-electron chi connectivity index (χ3n) is 3.08. The molecule has 2 aromatic heterocycles. The van der Waals surface area contributed by atoms with Gasteiger partial charge in [0.15, 0.2) is 5.82 Å². The van der Waals surface area contributed by atoms with Crippen molar-refractivity contribution in [1.82, 2.24) is 14.8 Å². The second kappa shape index (κ2) is 6.09. The van der Waals surface area contributed by atoms with E-state index in [2.05, 4.69) is 15.4 Å². The third-order valence-corrected chi connectivity index (χ3v) is 3.08. The third kappa shape index (κ3) is 3.29. The molecule has 0 spiro atoms. The Kier molecular flexibility index (Phi) is 3.82. The lowest BCUT2D eigenvalue weighted by molar-refractivity contribution is 0.102. The Labute approximate surface area is 127 Å². The smallest absolute Gasteiger partial charge is 0.256 e. The van der Waals surface area contributed by atoms with Crippen molar-refractivity contribution in [3.8, 4) is 5.75 Å². The van der Waals surface area contributed by atoms with Crippen LogP contribution in [0, 0.1) is 0 Å². The Bertz CT molecular complexity index is 784. The molecule has 1 amide bonds. The van der Waals surface area contributed by atoms with Crippen molar-refractivity contribution in [3.63, 3.8) is 0 Å². The number of anilines is 1. The molecule has 22 heavy (non-hydrogen) atoms. The summed E-state index contributed by atoms with van der Waals surface area (Å²) in [5.74, 6) is 0.198. The number of aromatic hydroxyl groups is 1. The highest BCUT2D eigenvalue weighted by atomic mass is 16.3. The van der Waals surface area contributed by atoms with Crippen molar-refractivity contribution < 1.29 is 9.90 Å². The van der Waals surface area contributed by atoms with Gasteiger partial charge in [0.05, 0.1) is 6.54 Å². The number of hydrogen-bond donors (Lipinski definition) is 2. The van der Waals surface area contributed by atoms with Gasteiger partial charge in [-0.25, -0.2) is 0 Å². The molecule has 3 rings (SSSR count). The normalized spacial score (nSPS) is 10.4. The van der Waals surface area contributed by atoms with Crippen LogP contribution in [0.4, 0.5) is 5.82 Å².